The summed E-state index contributed by atoms with van der Waals surface area (Å²) >= 11 is 3.61. The maximum atomic E-state index is 4.97. The number of piperidine rings is 1. The zero-order chi connectivity index (χ0) is 23.3. The van der Waals surface area contributed by atoms with Gasteiger partial charge >= 0.3 is 0 Å². The third kappa shape index (κ3) is 5.04. The van der Waals surface area contributed by atoms with Gasteiger partial charge in [-0.25, -0.2) is 4.98 Å². The fourth-order valence-electron chi connectivity index (χ4n) is 4.31. The van der Waals surface area contributed by atoms with Crippen molar-refractivity contribution in [2.45, 2.75) is 25.3 Å². The highest BCUT2D eigenvalue weighted by atomic mass is 79.9. The standard InChI is InChI=1S/C27H27BrN6/c1-20(9-10-21-6-3-2-4-7-21)33-14-11-23(12-15-33)25-16-26(30-18-22-8-5-13-29-17-22)34-27(32-25)24(28)19-31-34/h2-10,13,16-17,19,23,30H,1,11-12,14-15,18H2/b10-9+. The number of hydrogen-bond acceptors (Lipinski definition) is 5. The van der Waals surface area contributed by atoms with E-state index >= 15 is 0 Å². The highest BCUT2D eigenvalue weighted by Gasteiger charge is 2.23. The molecule has 0 unspecified atom stereocenters. The van der Waals surface area contributed by atoms with Crippen molar-refractivity contribution >= 4 is 33.5 Å². The number of nitrogens with zero attached hydrogens (tertiary/aromatic N) is 5. The Hall–Kier alpha value is -3.45. The van der Waals surface area contributed by atoms with Crippen LogP contribution in [0.25, 0.3) is 11.7 Å². The molecule has 1 aromatic carbocycles. The maximum absolute atomic E-state index is 4.97. The van der Waals surface area contributed by atoms with E-state index in [2.05, 4.69) is 91.4 Å². The van der Waals surface area contributed by atoms with Crippen molar-refractivity contribution in [3.63, 3.8) is 0 Å². The summed E-state index contributed by atoms with van der Waals surface area (Å²) in [5, 5.41) is 8.02. The van der Waals surface area contributed by atoms with Crippen LogP contribution in [0, 0.1) is 0 Å². The van der Waals surface area contributed by atoms with Crippen LogP contribution in [-0.2, 0) is 6.54 Å². The van der Waals surface area contributed by atoms with E-state index in [1.54, 1.807) is 12.4 Å². The summed E-state index contributed by atoms with van der Waals surface area (Å²) in [7, 11) is 0. The number of halogens is 1. The second-order valence-corrected chi connectivity index (χ2v) is 9.36. The van der Waals surface area contributed by atoms with Gasteiger partial charge in [-0.05, 0) is 52.0 Å². The molecule has 0 aliphatic carbocycles. The van der Waals surface area contributed by atoms with Crippen LogP contribution < -0.4 is 5.32 Å². The first-order valence-corrected chi connectivity index (χ1v) is 12.3. The molecule has 1 fully saturated rings. The van der Waals surface area contributed by atoms with Crippen LogP contribution >= 0.6 is 15.9 Å². The van der Waals surface area contributed by atoms with Crippen LogP contribution in [0.1, 0.15) is 35.6 Å². The van der Waals surface area contributed by atoms with Crippen LogP contribution in [-0.4, -0.2) is 37.6 Å². The van der Waals surface area contributed by atoms with Crippen molar-refractivity contribution < 1.29 is 0 Å². The molecule has 1 aliphatic heterocycles. The van der Waals surface area contributed by atoms with Crippen LogP contribution in [0.2, 0.25) is 0 Å². The smallest absolute Gasteiger partial charge is 0.171 e. The lowest BCUT2D eigenvalue weighted by Crippen LogP contribution is -2.31. The number of likely N-dealkylation sites (tertiary alicyclic amines) is 1. The molecule has 0 saturated carbocycles. The predicted octanol–water partition coefficient (Wildman–Crippen LogP) is 5.91. The summed E-state index contributed by atoms with van der Waals surface area (Å²) in [5.41, 5.74) is 5.31. The van der Waals surface area contributed by atoms with E-state index in [0.29, 0.717) is 12.5 Å². The summed E-state index contributed by atoms with van der Waals surface area (Å²) in [4.78, 5) is 11.5. The molecule has 0 bridgehead atoms. The highest BCUT2D eigenvalue weighted by molar-refractivity contribution is 9.10. The normalized spacial score (nSPS) is 14.7. The quantitative estimate of drug-likeness (QED) is 0.311. The number of allylic oxidation sites excluding steroid dienone is 1. The average Bonchev–Trinajstić information content (AvgIpc) is 3.28. The maximum Gasteiger partial charge on any atom is 0.171 e. The molecule has 3 aromatic heterocycles. The van der Waals surface area contributed by atoms with E-state index < -0.39 is 0 Å². The topological polar surface area (TPSA) is 58.4 Å². The van der Waals surface area contributed by atoms with Crippen molar-refractivity contribution in [3.8, 4) is 0 Å². The molecule has 1 aliphatic rings. The Labute approximate surface area is 208 Å². The number of nitrogens with one attached hydrogen (secondary N) is 1. The van der Waals surface area contributed by atoms with Crippen molar-refractivity contribution in [1.29, 1.82) is 0 Å². The SMILES string of the molecule is C=C(/C=C/c1ccccc1)N1CCC(c2cc(NCc3cccnc3)n3ncc(Br)c3n2)CC1. The fraction of sp³-hybridized carbons (Fsp3) is 0.222. The lowest BCUT2D eigenvalue weighted by Gasteiger charge is -2.33. The first-order valence-electron chi connectivity index (χ1n) is 11.5. The Morgan fingerprint density at radius 3 is 2.71 bits per heavy atom. The van der Waals surface area contributed by atoms with Crippen molar-refractivity contribution in [2.75, 3.05) is 18.4 Å². The molecule has 0 amide bonds. The van der Waals surface area contributed by atoms with E-state index in [0.717, 1.165) is 58.8 Å². The molecule has 1 saturated heterocycles. The largest absolute Gasteiger partial charge is 0.372 e. The van der Waals surface area contributed by atoms with E-state index in [9.17, 15) is 0 Å². The molecule has 34 heavy (non-hydrogen) atoms. The van der Waals surface area contributed by atoms with Gasteiger partial charge in [-0.2, -0.15) is 9.61 Å². The second kappa shape index (κ2) is 10.2. The summed E-state index contributed by atoms with van der Waals surface area (Å²) in [6.45, 7) is 6.90. The summed E-state index contributed by atoms with van der Waals surface area (Å²) in [5.74, 6) is 1.33. The minimum atomic E-state index is 0.396. The Bertz CT molecular complexity index is 1290. The molecular formula is C27H27BrN6. The van der Waals surface area contributed by atoms with Gasteiger partial charge in [0.05, 0.1) is 10.7 Å². The van der Waals surface area contributed by atoms with Gasteiger partial charge in [-0.1, -0.05) is 49.1 Å². The number of aromatic nitrogens is 4. The number of anilines is 1. The first-order chi connectivity index (χ1) is 16.7. The molecule has 6 nitrogen and oxygen atoms in total. The van der Waals surface area contributed by atoms with Gasteiger partial charge in [0.25, 0.3) is 0 Å². The lowest BCUT2D eigenvalue weighted by atomic mass is 9.93. The molecule has 4 aromatic rings. The first kappa shape index (κ1) is 22.3. The third-order valence-corrected chi connectivity index (χ3v) is 6.79. The van der Waals surface area contributed by atoms with Crippen LogP contribution in [0.4, 0.5) is 5.82 Å². The van der Waals surface area contributed by atoms with Crippen molar-refractivity contribution in [1.82, 2.24) is 24.5 Å². The second-order valence-electron chi connectivity index (χ2n) is 8.51. The Balaban J connectivity index is 1.28. The molecular weight excluding hydrogens is 488 g/mol. The minimum absolute atomic E-state index is 0.396. The highest BCUT2D eigenvalue weighted by Crippen LogP contribution is 2.31. The molecule has 0 spiro atoms. The van der Waals surface area contributed by atoms with Crippen LogP contribution in [0.3, 0.4) is 0 Å². The van der Waals surface area contributed by atoms with Gasteiger partial charge < -0.3 is 10.2 Å². The van der Waals surface area contributed by atoms with Gasteiger partial charge in [0, 0.05) is 55.4 Å². The summed E-state index contributed by atoms with van der Waals surface area (Å²) in [6.07, 6.45) is 11.8. The zero-order valence-electron chi connectivity index (χ0n) is 18.9. The van der Waals surface area contributed by atoms with Crippen molar-refractivity contribution in [3.05, 3.63) is 107 Å². The molecule has 0 atom stereocenters. The van der Waals surface area contributed by atoms with E-state index in [1.807, 2.05) is 22.8 Å². The summed E-state index contributed by atoms with van der Waals surface area (Å²) in [6, 6.07) is 16.5. The Morgan fingerprint density at radius 2 is 1.94 bits per heavy atom. The van der Waals surface area contributed by atoms with Gasteiger partial charge in [0.2, 0.25) is 0 Å². The zero-order valence-corrected chi connectivity index (χ0v) is 20.5. The Kier molecular flexibility index (Phi) is 6.72. The number of hydrogen-bond donors (Lipinski definition) is 1. The van der Waals surface area contributed by atoms with Crippen LogP contribution in [0.5, 0.6) is 0 Å². The van der Waals surface area contributed by atoms with Crippen LogP contribution in [0.15, 0.2) is 89.9 Å². The molecule has 7 heteroatoms. The molecule has 1 N–H and O–H groups in total. The van der Waals surface area contributed by atoms with E-state index in [-0.39, 0.29) is 0 Å². The molecule has 172 valence electrons. The fourth-order valence-corrected chi connectivity index (χ4v) is 4.66. The van der Waals surface area contributed by atoms with Gasteiger partial charge in [-0.3, -0.25) is 4.98 Å². The average molecular weight is 515 g/mol. The third-order valence-electron chi connectivity index (χ3n) is 6.23. The monoisotopic (exact) mass is 514 g/mol. The van der Waals surface area contributed by atoms with Gasteiger partial charge in [0.1, 0.15) is 5.82 Å². The molecule has 4 heterocycles. The summed E-state index contributed by atoms with van der Waals surface area (Å²) < 4.78 is 2.76. The van der Waals surface area contributed by atoms with Gasteiger partial charge in [0.15, 0.2) is 5.65 Å². The van der Waals surface area contributed by atoms with Crippen molar-refractivity contribution in [2.24, 2.45) is 0 Å². The number of benzene rings is 1. The minimum Gasteiger partial charge on any atom is -0.372 e. The number of pyridine rings is 1. The Morgan fingerprint density at radius 1 is 1.12 bits per heavy atom. The predicted molar refractivity (Wildman–Crippen MR) is 140 cm³/mol. The molecule has 5 rings (SSSR count). The lowest BCUT2D eigenvalue weighted by molar-refractivity contribution is 0.269. The molecule has 0 radical (unpaired) electrons. The number of rotatable bonds is 7. The van der Waals surface area contributed by atoms with Gasteiger partial charge in [-0.15, -0.1) is 0 Å². The van der Waals surface area contributed by atoms with E-state index in [1.165, 1.54) is 5.56 Å². The number of fused-ring (bicyclic) bond motifs is 1. The van der Waals surface area contributed by atoms with E-state index in [4.69, 9.17) is 4.98 Å².